The Kier molecular flexibility index (Phi) is 7.99. The molecule has 3 heteroatoms. The smallest absolute Gasteiger partial charge is 0.243 e. The minimum atomic E-state index is 0.159. The maximum absolute atomic E-state index is 4.72. The van der Waals surface area contributed by atoms with E-state index in [9.17, 15) is 0 Å². The van der Waals surface area contributed by atoms with Crippen molar-refractivity contribution in [2.24, 2.45) is 0 Å². The molecular formula is C42H43BN2. The van der Waals surface area contributed by atoms with Gasteiger partial charge in [0, 0.05) is 23.2 Å². The third-order valence-corrected chi connectivity index (χ3v) is 10.0. The molecule has 0 aliphatic rings. The molecule has 0 unspecified atom stereocenters. The molecule has 0 fully saturated rings. The van der Waals surface area contributed by atoms with Crippen LogP contribution in [0.4, 0.5) is 0 Å². The molecule has 0 amide bonds. The Morgan fingerprint density at radius 3 is 1.60 bits per heavy atom. The fraction of sp³-hybridized carbons (Fsp3) is 0.238. The molecule has 224 valence electrons. The van der Waals surface area contributed by atoms with Crippen LogP contribution in [-0.4, -0.2) is 16.7 Å². The van der Waals surface area contributed by atoms with Crippen molar-refractivity contribution in [3.05, 3.63) is 134 Å². The second kappa shape index (κ2) is 11.8. The summed E-state index contributed by atoms with van der Waals surface area (Å²) in [5.74, 6) is 0. The molecule has 0 radical (unpaired) electrons. The van der Waals surface area contributed by atoms with Crippen LogP contribution < -0.4 is 16.4 Å². The van der Waals surface area contributed by atoms with Crippen LogP contribution in [0.2, 0.25) is 0 Å². The van der Waals surface area contributed by atoms with Crippen molar-refractivity contribution in [2.75, 3.05) is 0 Å². The van der Waals surface area contributed by atoms with E-state index in [1.54, 1.807) is 0 Å². The predicted octanol–water partition coefficient (Wildman–Crippen LogP) is 8.55. The number of benzene rings is 4. The van der Waals surface area contributed by atoms with E-state index >= 15 is 0 Å². The van der Waals surface area contributed by atoms with E-state index in [-0.39, 0.29) is 6.71 Å². The topological polar surface area (TPSA) is 25.8 Å². The molecule has 0 bridgehead atoms. The lowest BCUT2D eigenvalue weighted by atomic mass is 9.32. The first-order chi connectivity index (χ1) is 21.5. The lowest BCUT2D eigenvalue weighted by Gasteiger charge is -2.29. The molecule has 0 aliphatic heterocycles. The second-order valence-corrected chi connectivity index (χ2v) is 13.2. The van der Waals surface area contributed by atoms with Crippen LogP contribution >= 0.6 is 0 Å². The van der Waals surface area contributed by atoms with Gasteiger partial charge in [0.2, 0.25) is 6.71 Å². The lowest BCUT2D eigenvalue weighted by molar-refractivity contribution is 1.25. The van der Waals surface area contributed by atoms with Crippen molar-refractivity contribution in [1.29, 1.82) is 0 Å². The molecule has 4 aromatic carbocycles. The molecular weight excluding hydrogens is 543 g/mol. The Hall–Kier alpha value is -4.50. The van der Waals surface area contributed by atoms with Crippen molar-refractivity contribution < 1.29 is 0 Å². The van der Waals surface area contributed by atoms with Gasteiger partial charge >= 0.3 is 0 Å². The Labute approximate surface area is 269 Å². The number of nitrogens with zero attached hydrogens (tertiary/aromatic N) is 2. The summed E-state index contributed by atoms with van der Waals surface area (Å²) in [7, 11) is 0. The van der Waals surface area contributed by atoms with E-state index in [0.29, 0.717) is 0 Å². The van der Waals surface area contributed by atoms with Gasteiger partial charge in [0.1, 0.15) is 0 Å². The van der Waals surface area contributed by atoms with Crippen LogP contribution in [0, 0.1) is 69.2 Å². The van der Waals surface area contributed by atoms with E-state index in [2.05, 4.69) is 135 Å². The fourth-order valence-electron chi connectivity index (χ4n) is 7.87. The van der Waals surface area contributed by atoms with Crippen LogP contribution in [0.5, 0.6) is 0 Å². The van der Waals surface area contributed by atoms with E-state index in [0.717, 1.165) is 27.4 Å². The van der Waals surface area contributed by atoms with E-state index in [4.69, 9.17) is 4.98 Å². The molecule has 6 aromatic rings. The minimum Gasteiger partial charge on any atom is -0.254 e. The van der Waals surface area contributed by atoms with E-state index in [1.165, 1.54) is 77.6 Å². The number of aromatic nitrogens is 2. The van der Waals surface area contributed by atoms with Gasteiger partial charge in [-0.25, -0.2) is 0 Å². The molecule has 6 rings (SSSR count). The van der Waals surface area contributed by atoms with Gasteiger partial charge < -0.3 is 0 Å². The summed E-state index contributed by atoms with van der Waals surface area (Å²) in [6.07, 6.45) is 8.31. The molecule has 0 N–H and O–H groups in total. The first-order valence-corrected chi connectivity index (χ1v) is 16.0. The van der Waals surface area contributed by atoms with Crippen molar-refractivity contribution in [2.45, 2.75) is 69.2 Å². The third-order valence-electron chi connectivity index (χ3n) is 10.0. The maximum Gasteiger partial charge on any atom is 0.243 e. The number of hydrogen-bond donors (Lipinski definition) is 0. The molecule has 2 aromatic heterocycles. The summed E-state index contributed by atoms with van der Waals surface area (Å²) in [6.45, 7) is 23.0. The van der Waals surface area contributed by atoms with Gasteiger partial charge in [-0.05, 0) is 104 Å². The number of aryl methyl sites for hydroxylation is 6. The van der Waals surface area contributed by atoms with Crippen LogP contribution in [0.3, 0.4) is 0 Å². The Morgan fingerprint density at radius 2 is 1.04 bits per heavy atom. The zero-order chi connectivity index (χ0) is 32.2. The van der Waals surface area contributed by atoms with E-state index in [1.807, 2.05) is 18.5 Å². The van der Waals surface area contributed by atoms with Gasteiger partial charge in [-0.15, -0.1) is 0 Å². The van der Waals surface area contributed by atoms with Gasteiger partial charge in [-0.3, -0.25) is 9.97 Å². The molecule has 0 atom stereocenters. The van der Waals surface area contributed by atoms with Gasteiger partial charge in [0.15, 0.2) is 0 Å². The highest BCUT2D eigenvalue weighted by atomic mass is 14.7. The largest absolute Gasteiger partial charge is 0.254 e. The highest BCUT2D eigenvalue weighted by Crippen LogP contribution is 2.28. The van der Waals surface area contributed by atoms with Crippen molar-refractivity contribution >= 4 is 57.1 Å². The summed E-state index contributed by atoms with van der Waals surface area (Å²) in [6, 6.07) is 19.9. The quantitative estimate of drug-likeness (QED) is 0.149. The summed E-state index contributed by atoms with van der Waals surface area (Å²) < 4.78 is 0. The molecule has 0 aliphatic carbocycles. The standard InChI is InChI=1S/C42H43BN2/c1-24-20-26(3)38(27(4)21-24)43(39-28(5)22-25(2)23-29(39)6)40-32(9)30(7)36(31(8)33(40)10)15-13-34-17-19-45-42-37(34)16-14-35-12-11-18-44-41(35)42/h11-23H,1-10H3/b15-13+. The van der Waals surface area contributed by atoms with Gasteiger partial charge in [0.25, 0.3) is 0 Å². The summed E-state index contributed by atoms with van der Waals surface area (Å²) in [5, 5.41) is 2.23. The average Bonchev–Trinajstić information content (AvgIpc) is 2.99. The minimum absolute atomic E-state index is 0.159. The number of fused-ring (bicyclic) bond motifs is 3. The van der Waals surface area contributed by atoms with Gasteiger partial charge in [0.05, 0.1) is 11.0 Å². The number of hydrogen-bond acceptors (Lipinski definition) is 2. The highest BCUT2D eigenvalue weighted by molar-refractivity contribution is 6.97. The molecule has 45 heavy (non-hydrogen) atoms. The van der Waals surface area contributed by atoms with Crippen LogP contribution in [-0.2, 0) is 0 Å². The first kappa shape index (κ1) is 30.5. The van der Waals surface area contributed by atoms with Crippen LogP contribution in [0.1, 0.15) is 66.8 Å². The first-order valence-electron chi connectivity index (χ1n) is 16.0. The van der Waals surface area contributed by atoms with Crippen molar-refractivity contribution in [1.82, 2.24) is 9.97 Å². The zero-order valence-corrected chi connectivity index (χ0v) is 28.5. The van der Waals surface area contributed by atoms with Crippen LogP contribution in [0.25, 0.3) is 34.0 Å². The Morgan fingerprint density at radius 1 is 0.511 bits per heavy atom. The summed E-state index contributed by atoms with van der Waals surface area (Å²) >= 11 is 0. The van der Waals surface area contributed by atoms with Gasteiger partial charge in [-0.2, -0.15) is 0 Å². The second-order valence-electron chi connectivity index (χ2n) is 13.2. The van der Waals surface area contributed by atoms with Crippen molar-refractivity contribution in [3.63, 3.8) is 0 Å². The third kappa shape index (κ3) is 5.29. The normalized spacial score (nSPS) is 11.7. The predicted molar refractivity (Wildman–Crippen MR) is 197 cm³/mol. The zero-order valence-electron chi connectivity index (χ0n) is 28.5. The molecule has 0 saturated heterocycles. The highest BCUT2D eigenvalue weighted by Gasteiger charge is 2.32. The number of rotatable bonds is 5. The lowest BCUT2D eigenvalue weighted by Crippen LogP contribution is -2.57. The summed E-state index contributed by atoms with van der Waals surface area (Å²) in [4.78, 5) is 9.36. The van der Waals surface area contributed by atoms with Gasteiger partial charge in [-0.1, -0.05) is 116 Å². The molecule has 0 spiro atoms. The summed E-state index contributed by atoms with van der Waals surface area (Å²) in [5.41, 5.74) is 22.2. The molecule has 2 nitrogen and oxygen atoms in total. The van der Waals surface area contributed by atoms with Crippen LogP contribution in [0.15, 0.2) is 67.0 Å². The monoisotopic (exact) mass is 586 g/mol. The molecule has 0 saturated carbocycles. The Balaban J connectivity index is 1.56. The SMILES string of the molecule is Cc1cc(C)c(B(c2c(C)cc(C)cc2C)c2c(C)c(C)c(/C=C/c3ccnc4c3ccc3cccnc34)c(C)c2C)c(C)c1. The molecule has 2 heterocycles. The number of pyridine rings is 2. The fourth-order valence-corrected chi connectivity index (χ4v) is 7.87. The maximum atomic E-state index is 4.72. The van der Waals surface area contributed by atoms with E-state index < -0.39 is 0 Å². The Bertz CT molecular complexity index is 2040. The average molecular weight is 587 g/mol. The van der Waals surface area contributed by atoms with Crippen molar-refractivity contribution in [3.8, 4) is 0 Å².